The predicted octanol–water partition coefficient (Wildman–Crippen LogP) is -0.533. The number of quaternary nitrogens is 1. The number of likely N-dealkylation sites (tertiary alicyclic amines) is 1. The summed E-state index contributed by atoms with van der Waals surface area (Å²) in [5.74, 6) is -0.0909. The maximum Gasteiger partial charge on any atom is 0.0799 e. The molecule has 3 nitrogen and oxygen atoms in total. The Morgan fingerprint density at radius 2 is 2.14 bits per heavy atom. The number of carbonyl (C=O) groups is 1. The quantitative estimate of drug-likeness (QED) is 0.667. The Labute approximate surface area is 87.1 Å². The van der Waals surface area contributed by atoms with Gasteiger partial charge in [-0.3, -0.25) is 0 Å². The minimum atomic E-state index is -1.08. The van der Waals surface area contributed by atoms with Crippen molar-refractivity contribution in [2.45, 2.75) is 40.0 Å². The molecular weight excluding hydrogens is 178 g/mol. The van der Waals surface area contributed by atoms with E-state index in [1.54, 1.807) is 0 Å². The molecule has 2 unspecified atom stereocenters. The lowest BCUT2D eigenvalue weighted by Crippen LogP contribution is -3.10. The second-order valence-corrected chi connectivity index (χ2v) is 4.19. The van der Waals surface area contributed by atoms with E-state index in [1.807, 2.05) is 4.90 Å². The highest BCUT2D eigenvalue weighted by atomic mass is 16.4. The van der Waals surface area contributed by atoms with Gasteiger partial charge in [-0.05, 0) is 13.3 Å². The third-order valence-corrected chi connectivity index (χ3v) is 2.51. The van der Waals surface area contributed by atoms with Crippen molar-refractivity contribution in [3.05, 3.63) is 0 Å². The van der Waals surface area contributed by atoms with E-state index in [-0.39, 0.29) is 0 Å². The molecule has 3 heteroatoms. The third kappa shape index (κ3) is 8.05. The van der Waals surface area contributed by atoms with Crippen LogP contribution in [-0.4, -0.2) is 25.6 Å². The Kier molecular flexibility index (Phi) is 7.48. The largest absolute Gasteiger partial charge is 0.550 e. The van der Waals surface area contributed by atoms with Crippen LogP contribution in [0.5, 0.6) is 0 Å². The fourth-order valence-corrected chi connectivity index (χ4v) is 1.80. The number of hydrogen-bond donors (Lipinski definition) is 1. The molecule has 2 atom stereocenters. The minimum Gasteiger partial charge on any atom is -0.550 e. The van der Waals surface area contributed by atoms with E-state index in [1.165, 1.54) is 38.9 Å². The number of nitrogens with one attached hydrogen (secondary N) is 1. The number of carboxylic acids is 1. The topological polar surface area (TPSA) is 44.6 Å². The number of rotatable bonds is 3. The molecule has 0 saturated carbocycles. The summed E-state index contributed by atoms with van der Waals surface area (Å²) in [6.07, 6.45) is 4.24. The van der Waals surface area contributed by atoms with Crippen LogP contribution in [0.1, 0.15) is 40.0 Å². The van der Waals surface area contributed by atoms with Crippen LogP contribution in [0.3, 0.4) is 0 Å². The van der Waals surface area contributed by atoms with Crippen molar-refractivity contribution >= 4 is 5.97 Å². The standard InChI is InChI=1S/C9H19N.C2H4O2/c1-3-4-6-10-7-5-9(2)8-10;1-2(3)4/h9H,3-8H2,1-2H3;1H3,(H,3,4). The van der Waals surface area contributed by atoms with Crippen LogP contribution >= 0.6 is 0 Å². The number of carbonyl (C=O) groups excluding carboxylic acids is 1. The lowest BCUT2D eigenvalue weighted by Gasteiger charge is -2.10. The zero-order chi connectivity index (χ0) is 11.0. The smallest absolute Gasteiger partial charge is 0.0799 e. The van der Waals surface area contributed by atoms with Gasteiger partial charge in [0.25, 0.3) is 0 Å². The van der Waals surface area contributed by atoms with E-state index in [9.17, 15) is 0 Å². The first-order valence-corrected chi connectivity index (χ1v) is 5.57. The van der Waals surface area contributed by atoms with Crippen molar-refractivity contribution in [2.75, 3.05) is 19.6 Å². The highest BCUT2D eigenvalue weighted by Crippen LogP contribution is 2.00. The first kappa shape index (κ1) is 13.4. The molecule has 0 spiro atoms. The highest BCUT2D eigenvalue weighted by molar-refractivity contribution is 5.60. The van der Waals surface area contributed by atoms with Gasteiger partial charge in [-0.1, -0.05) is 20.3 Å². The summed E-state index contributed by atoms with van der Waals surface area (Å²) in [6, 6.07) is 0. The molecule has 14 heavy (non-hydrogen) atoms. The number of carboxylic acid groups (broad SMARTS) is 1. The lowest BCUT2D eigenvalue weighted by molar-refractivity contribution is -0.889. The Morgan fingerprint density at radius 3 is 2.50 bits per heavy atom. The predicted molar refractivity (Wildman–Crippen MR) is 54.9 cm³/mol. The van der Waals surface area contributed by atoms with Crippen molar-refractivity contribution in [1.29, 1.82) is 0 Å². The van der Waals surface area contributed by atoms with Crippen molar-refractivity contribution in [3.8, 4) is 0 Å². The van der Waals surface area contributed by atoms with E-state index >= 15 is 0 Å². The van der Waals surface area contributed by atoms with Gasteiger partial charge in [0.15, 0.2) is 0 Å². The molecule has 1 rings (SSSR count). The second-order valence-electron chi connectivity index (χ2n) is 4.19. The summed E-state index contributed by atoms with van der Waals surface area (Å²) in [4.78, 5) is 10.7. The molecule has 0 radical (unpaired) electrons. The van der Waals surface area contributed by atoms with Gasteiger partial charge < -0.3 is 14.8 Å². The summed E-state index contributed by atoms with van der Waals surface area (Å²) >= 11 is 0. The van der Waals surface area contributed by atoms with E-state index in [0.29, 0.717) is 0 Å². The third-order valence-electron chi connectivity index (χ3n) is 2.51. The van der Waals surface area contributed by atoms with Crippen LogP contribution in [0.25, 0.3) is 0 Å². The first-order valence-electron chi connectivity index (χ1n) is 5.57. The van der Waals surface area contributed by atoms with Gasteiger partial charge in [-0.2, -0.15) is 0 Å². The molecule has 1 saturated heterocycles. The van der Waals surface area contributed by atoms with Crippen LogP contribution in [0, 0.1) is 5.92 Å². The van der Waals surface area contributed by atoms with Gasteiger partial charge >= 0.3 is 0 Å². The average molecular weight is 201 g/mol. The summed E-state index contributed by atoms with van der Waals surface area (Å²) in [6.45, 7) is 9.90. The maximum atomic E-state index is 8.89. The molecule has 1 fully saturated rings. The van der Waals surface area contributed by atoms with Gasteiger partial charge in [0, 0.05) is 18.3 Å². The molecule has 0 bridgehead atoms. The molecule has 1 N–H and O–H groups in total. The molecule has 1 heterocycles. The Hall–Kier alpha value is -0.570. The Bertz CT molecular complexity index is 155. The average Bonchev–Trinajstić information content (AvgIpc) is 2.47. The zero-order valence-corrected chi connectivity index (χ0v) is 9.64. The van der Waals surface area contributed by atoms with Crippen LogP contribution < -0.4 is 10.0 Å². The minimum absolute atomic E-state index is 0.972. The van der Waals surface area contributed by atoms with Crippen molar-refractivity contribution in [1.82, 2.24) is 0 Å². The molecule has 0 aliphatic carbocycles. The zero-order valence-electron chi connectivity index (χ0n) is 9.64. The van der Waals surface area contributed by atoms with Crippen LogP contribution in [0.15, 0.2) is 0 Å². The van der Waals surface area contributed by atoms with Crippen molar-refractivity contribution in [2.24, 2.45) is 5.92 Å². The monoisotopic (exact) mass is 201 g/mol. The summed E-state index contributed by atoms with van der Waals surface area (Å²) in [5, 5.41) is 8.89. The fraction of sp³-hybridized carbons (Fsp3) is 0.909. The van der Waals surface area contributed by atoms with Crippen molar-refractivity contribution in [3.63, 3.8) is 0 Å². The molecular formula is C11H23NO2. The van der Waals surface area contributed by atoms with Crippen LogP contribution in [0.2, 0.25) is 0 Å². The van der Waals surface area contributed by atoms with E-state index in [2.05, 4.69) is 13.8 Å². The molecule has 0 aromatic carbocycles. The van der Waals surface area contributed by atoms with Gasteiger partial charge in [0.1, 0.15) is 0 Å². The van der Waals surface area contributed by atoms with Crippen LogP contribution in [0.4, 0.5) is 0 Å². The molecule has 84 valence electrons. The summed E-state index contributed by atoms with van der Waals surface area (Å²) < 4.78 is 0. The maximum absolute atomic E-state index is 8.89. The highest BCUT2D eigenvalue weighted by Gasteiger charge is 2.20. The SMILES string of the molecule is CC(=O)[O-].CCCC[NH+]1CCC(C)C1. The van der Waals surface area contributed by atoms with Crippen molar-refractivity contribution < 1.29 is 14.8 Å². The summed E-state index contributed by atoms with van der Waals surface area (Å²) in [5.41, 5.74) is 0. The normalized spacial score (nSPS) is 25.4. The molecule has 1 aliphatic rings. The number of aliphatic carboxylic acids is 1. The van der Waals surface area contributed by atoms with E-state index < -0.39 is 5.97 Å². The van der Waals surface area contributed by atoms with Crippen LogP contribution in [-0.2, 0) is 4.79 Å². The second kappa shape index (κ2) is 7.80. The van der Waals surface area contributed by atoms with Gasteiger partial charge in [-0.25, -0.2) is 0 Å². The molecule has 1 aliphatic heterocycles. The first-order chi connectivity index (χ1) is 6.56. The van der Waals surface area contributed by atoms with E-state index in [4.69, 9.17) is 9.90 Å². The number of hydrogen-bond acceptors (Lipinski definition) is 2. The Morgan fingerprint density at radius 1 is 1.57 bits per heavy atom. The van der Waals surface area contributed by atoms with Gasteiger partial charge in [-0.15, -0.1) is 0 Å². The Balaban J connectivity index is 0.000000364. The van der Waals surface area contributed by atoms with E-state index in [0.717, 1.165) is 12.8 Å². The summed E-state index contributed by atoms with van der Waals surface area (Å²) in [7, 11) is 0. The van der Waals surface area contributed by atoms with Gasteiger partial charge in [0.05, 0.1) is 19.6 Å². The number of unbranched alkanes of at least 4 members (excludes halogenated alkanes) is 1. The molecule has 0 aromatic rings. The lowest BCUT2D eigenvalue weighted by atomic mass is 10.2. The molecule has 0 aromatic heterocycles. The fourth-order valence-electron chi connectivity index (χ4n) is 1.80. The molecule has 0 amide bonds. The van der Waals surface area contributed by atoms with Gasteiger partial charge in [0.2, 0.25) is 0 Å².